The van der Waals surface area contributed by atoms with Crippen LogP contribution in [-0.2, 0) is 9.47 Å². The second kappa shape index (κ2) is 10.4. The quantitative estimate of drug-likeness (QED) is 0.619. The standard InChI is InChI=1S/C11H25NO3S/c1-10(8-14-3)15-9-11(13)7-12(2)5-6-16-4/h10-11,13H,5-9H2,1-4H3. The molecule has 0 amide bonds. The maximum Gasteiger partial charge on any atom is 0.0900 e. The van der Waals surface area contributed by atoms with Crippen molar-refractivity contribution in [3.05, 3.63) is 0 Å². The van der Waals surface area contributed by atoms with E-state index in [4.69, 9.17) is 9.47 Å². The van der Waals surface area contributed by atoms with Gasteiger partial charge in [-0.15, -0.1) is 0 Å². The molecule has 0 aromatic heterocycles. The molecule has 98 valence electrons. The molecular formula is C11H25NO3S. The van der Waals surface area contributed by atoms with Gasteiger partial charge in [0.05, 0.1) is 25.4 Å². The summed E-state index contributed by atoms with van der Waals surface area (Å²) in [5, 5.41) is 9.72. The fourth-order valence-corrected chi connectivity index (χ4v) is 1.80. The van der Waals surface area contributed by atoms with Gasteiger partial charge in [0.15, 0.2) is 0 Å². The lowest BCUT2D eigenvalue weighted by Gasteiger charge is -2.21. The molecule has 2 unspecified atom stereocenters. The summed E-state index contributed by atoms with van der Waals surface area (Å²) in [4.78, 5) is 2.12. The topological polar surface area (TPSA) is 41.9 Å². The fourth-order valence-electron chi connectivity index (χ4n) is 1.31. The van der Waals surface area contributed by atoms with E-state index in [2.05, 4.69) is 11.2 Å². The Morgan fingerprint density at radius 1 is 1.38 bits per heavy atom. The Balaban J connectivity index is 3.52. The van der Waals surface area contributed by atoms with E-state index in [1.807, 2.05) is 25.7 Å². The van der Waals surface area contributed by atoms with Crippen LogP contribution in [0.2, 0.25) is 0 Å². The van der Waals surface area contributed by atoms with E-state index < -0.39 is 6.10 Å². The highest BCUT2D eigenvalue weighted by Gasteiger charge is 2.10. The Bertz CT molecular complexity index is 160. The average molecular weight is 251 g/mol. The van der Waals surface area contributed by atoms with E-state index >= 15 is 0 Å². The molecule has 0 rings (SSSR count). The van der Waals surface area contributed by atoms with Crippen LogP contribution in [0.25, 0.3) is 0 Å². The minimum atomic E-state index is -0.425. The molecule has 0 aromatic carbocycles. The van der Waals surface area contributed by atoms with E-state index in [0.717, 1.165) is 12.3 Å². The zero-order valence-corrected chi connectivity index (χ0v) is 11.6. The summed E-state index contributed by atoms with van der Waals surface area (Å²) in [6, 6.07) is 0. The summed E-state index contributed by atoms with van der Waals surface area (Å²) in [6.07, 6.45) is 1.70. The Hall–Kier alpha value is 0.190. The fraction of sp³-hybridized carbons (Fsp3) is 1.00. The van der Waals surface area contributed by atoms with E-state index in [1.54, 1.807) is 7.11 Å². The predicted octanol–water partition coefficient (Wildman–Crippen LogP) is 0.694. The van der Waals surface area contributed by atoms with Crippen molar-refractivity contribution < 1.29 is 14.6 Å². The minimum absolute atomic E-state index is 0.0381. The smallest absolute Gasteiger partial charge is 0.0900 e. The van der Waals surface area contributed by atoms with Gasteiger partial charge in [-0.2, -0.15) is 11.8 Å². The van der Waals surface area contributed by atoms with E-state index in [9.17, 15) is 5.11 Å². The van der Waals surface area contributed by atoms with Crippen molar-refractivity contribution in [2.75, 3.05) is 52.5 Å². The minimum Gasteiger partial charge on any atom is -0.389 e. The van der Waals surface area contributed by atoms with Gasteiger partial charge in [0.25, 0.3) is 0 Å². The second-order valence-electron chi connectivity index (χ2n) is 4.01. The normalized spacial score (nSPS) is 15.4. The molecule has 0 aliphatic heterocycles. The number of ether oxygens (including phenoxy) is 2. The van der Waals surface area contributed by atoms with Gasteiger partial charge in [-0.3, -0.25) is 0 Å². The first kappa shape index (κ1) is 16.2. The lowest BCUT2D eigenvalue weighted by Crippen LogP contribution is -2.34. The third-order valence-electron chi connectivity index (χ3n) is 2.17. The number of thioether (sulfide) groups is 1. The molecule has 0 fully saturated rings. The highest BCUT2D eigenvalue weighted by Crippen LogP contribution is 1.98. The number of aliphatic hydroxyl groups is 1. The summed E-state index contributed by atoms with van der Waals surface area (Å²) in [5.41, 5.74) is 0. The summed E-state index contributed by atoms with van der Waals surface area (Å²) in [7, 11) is 3.66. The molecule has 2 atom stereocenters. The zero-order chi connectivity index (χ0) is 12.4. The molecule has 16 heavy (non-hydrogen) atoms. The number of hydrogen-bond donors (Lipinski definition) is 1. The number of nitrogens with zero attached hydrogens (tertiary/aromatic N) is 1. The highest BCUT2D eigenvalue weighted by molar-refractivity contribution is 7.98. The number of hydrogen-bond acceptors (Lipinski definition) is 5. The van der Waals surface area contributed by atoms with Crippen LogP contribution in [-0.4, -0.2) is 74.7 Å². The molecule has 4 nitrogen and oxygen atoms in total. The van der Waals surface area contributed by atoms with E-state index in [-0.39, 0.29) is 6.10 Å². The molecule has 0 aromatic rings. The van der Waals surface area contributed by atoms with Crippen molar-refractivity contribution in [1.29, 1.82) is 0 Å². The Morgan fingerprint density at radius 2 is 2.06 bits per heavy atom. The van der Waals surface area contributed by atoms with E-state index in [0.29, 0.717) is 19.8 Å². The largest absolute Gasteiger partial charge is 0.389 e. The summed E-state index contributed by atoms with van der Waals surface area (Å²) < 4.78 is 10.4. The maximum absolute atomic E-state index is 9.72. The maximum atomic E-state index is 9.72. The lowest BCUT2D eigenvalue weighted by molar-refractivity contribution is -0.0377. The third-order valence-corrected chi connectivity index (χ3v) is 2.76. The molecule has 1 N–H and O–H groups in total. The molecule has 5 heteroatoms. The molecule has 0 saturated carbocycles. The zero-order valence-electron chi connectivity index (χ0n) is 10.8. The molecule has 0 bridgehead atoms. The molecule has 0 heterocycles. The van der Waals surface area contributed by atoms with Crippen molar-refractivity contribution in [3.63, 3.8) is 0 Å². The molecule has 0 spiro atoms. The van der Waals surface area contributed by atoms with Gasteiger partial charge < -0.3 is 19.5 Å². The first-order chi connectivity index (χ1) is 7.60. The Morgan fingerprint density at radius 3 is 2.62 bits per heavy atom. The average Bonchev–Trinajstić information content (AvgIpc) is 2.24. The summed E-state index contributed by atoms with van der Waals surface area (Å²) >= 11 is 1.81. The van der Waals surface area contributed by atoms with Gasteiger partial charge in [-0.05, 0) is 20.2 Å². The van der Waals surface area contributed by atoms with Crippen molar-refractivity contribution in [3.8, 4) is 0 Å². The molecular weight excluding hydrogens is 226 g/mol. The van der Waals surface area contributed by atoms with Crippen LogP contribution in [0.5, 0.6) is 0 Å². The van der Waals surface area contributed by atoms with Gasteiger partial charge in [-0.1, -0.05) is 0 Å². The van der Waals surface area contributed by atoms with Crippen molar-refractivity contribution in [1.82, 2.24) is 4.90 Å². The number of methoxy groups -OCH3 is 1. The van der Waals surface area contributed by atoms with Crippen LogP contribution >= 0.6 is 11.8 Å². The van der Waals surface area contributed by atoms with Crippen LogP contribution in [0.15, 0.2) is 0 Å². The Labute approximate surface area is 103 Å². The van der Waals surface area contributed by atoms with Crippen molar-refractivity contribution >= 4 is 11.8 Å². The van der Waals surface area contributed by atoms with Crippen molar-refractivity contribution in [2.45, 2.75) is 19.1 Å². The number of aliphatic hydroxyl groups excluding tert-OH is 1. The van der Waals surface area contributed by atoms with Crippen LogP contribution in [0.4, 0.5) is 0 Å². The Kier molecular flexibility index (Phi) is 10.5. The molecule has 0 aliphatic rings. The van der Waals surface area contributed by atoms with Crippen LogP contribution in [0, 0.1) is 0 Å². The van der Waals surface area contributed by atoms with Gasteiger partial charge in [0.2, 0.25) is 0 Å². The number of rotatable bonds is 10. The van der Waals surface area contributed by atoms with Gasteiger partial charge >= 0.3 is 0 Å². The van der Waals surface area contributed by atoms with Gasteiger partial charge in [0, 0.05) is 26.0 Å². The summed E-state index contributed by atoms with van der Waals surface area (Å²) in [6.45, 7) is 4.52. The van der Waals surface area contributed by atoms with Crippen LogP contribution in [0.1, 0.15) is 6.92 Å². The van der Waals surface area contributed by atoms with Crippen LogP contribution < -0.4 is 0 Å². The first-order valence-electron chi connectivity index (χ1n) is 5.56. The first-order valence-corrected chi connectivity index (χ1v) is 6.95. The van der Waals surface area contributed by atoms with Crippen LogP contribution in [0.3, 0.4) is 0 Å². The SMILES string of the molecule is COCC(C)OCC(O)CN(C)CCSC. The lowest BCUT2D eigenvalue weighted by atomic mass is 10.3. The molecule has 0 saturated heterocycles. The van der Waals surface area contributed by atoms with Crippen molar-refractivity contribution in [2.24, 2.45) is 0 Å². The van der Waals surface area contributed by atoms with E-state index in [1.165, 1.54) is 0 Å². The predicted molar refractivity (Wildman–Crippen MR) is 69.2 cm³/mol. The third kappa shape index (κ3) is 9.42. The monoisotopic (exact) mass is 251 g/mol. The molecule has 0 aliphatic carbocycles. The second-order valence-corrected chi connectivity index (χ2v) is 4.99. The van der Waals surface area contributed by atoms with Gasteiger partial charge in [-0.25, -0.2) is 0 Å². The highest BCUT2D eigenvalue weighted by atomic mass is 32.2. The van der Waals surface area contributed by atoms with Gasteiger partial charge in [0.1, 0.15) is 0 Å². The summed E-state index contributed by atoms with van der Waals surface area (Å²) in [5.74, 6) is 1.09. The number of likely N-dealkylation sites (N-methyl/N-ethyl adjacent to an activating group) is 1. The molecule has 0 radical (unpaired) electrons.